The lowest BCUT2D eigenvalue weighted by atomic mass is 10.1. The zero-order chi connectivity index (χ0) is 10.4. The molecule has 1 heterocycles. The fourth-order valence-electron chi connectivity index (χ4n) is 1.66. The molecule has 0 atom stereocenters. The molecule has 0 aliphatic carbocycles. The summed E-state index contributed by atoms with van der Waals surface area (Å²) in [5.41, 5.74) is 0. The van der Waals surface area contributed by atoms with Gasteiger partial charge in [-0.25, -0.2) is 0 Å². The van der Waals surface area contributed by atoms with Gasteiger partial charge >= 0.3 is 0 Å². The van der Waals surface area contributed by atoms with Gasteiger partial charge in [-0.05, 0) is 31.7 Å². The third kappa shape index (κ3) is 4.09. The highest BCUT2D eigenvalue weighted by Crippen LogP contribution is 2.06. The Morgan fingerprint density at radius 1 is 1.36 bits per heavy atom. The number of likely N-dealkylation sites (tertiary alicyclic amines) is 1. The third-order valence-corrected chi connectivity index (χ3v) is 2.63. The summed E-state index contributed by atoms with van der Waals surface area (Å²) in [5.74, 6) is 0.982. The van der Waals surface area contributed by atoms with Crippen molar-refractivity contribution in [3.63, 3.8) is 0 Å². The maximum atomic E-state index is 11.6. The Kier molecular flexibility index (Phi) is 4.94. The molecule has 1 saturated heterocycles. The molecule has 1 N–H and O–H groups in total. The summed E-state index contributed by atoms with van der Waals surface area (Å²) in [7, 11) is 0. The first-order valence-corrected chi connectivity index (χ1v) is 5.68. The van der Waals surface area contributed by atoms with Crippen LogP contribution in [0.15, 0.2) is 0 Å². The minimum atomic E-state index is 0.270. The fraction of sp³-hybridized carbons (Fsp3) is 0.909. The van der Waals surface area contributed by atoms with Crippen molar-refractivity contribution >= 4 is 5.91 Å². The standard InChI is InChI=1S/C11H22N2O/c1-10(2)5-6-12-9-11(14)13-7-3-4-8-13/h10,12H,3-9H2,1-2H3. The van der Waals surface area contributed by atoms with Gasteiger partial charge < -0.3 is 10.2 Å². The van der Waals surface area contributed by atoms with Crippen LogP contribution in [0, 0.1) is 5.92 Å². The number of carbonyl (C=O) groups is 1. The van der Waals surface area contributed by atoms with E-state index in [0.29, 0.717) is 12.5 Å². The molecule has 1 rings (SSSR count). The second-order valence-corrected chi connectivity index (χ2v) is 4.45. The summed E-state index contributed by atoms with van der Waals surface area (Å²) >= 11 is 0. The molecule has 3 nitrogen and oxygen atoms in total. The third-order valence-electron chi connectivity index (χ3n) is 2.63. The summed E-state index contributed by atoms with van der Waals surface area (Å²) in [6.45, 7) is 7.80. The summed E-state index contributed by atoms with van der Waals surface area (Å²) in [6, 6.07) is 0. The molecule has 3 heteroatoms. The van der Waals surface area contributed by atoms with Gasteiger partial charge in [0.15, 0.2) is 0 Å². The van der Waals surface area contributed by atoms with Crippen molar-refractivity contribution in [2.75, 3.05) is 26.2 Å². The lowest BCUT2D eigenvalue weighted by Crippen LogP contribution is -2.36. The molecule has 82 valence electrons. The zero-order valence-electron chi connectivity index (χ0n) is 9.38. The van der Waals surface area contributed by atoms with Crippen molar-refractivity contribution in [1.82, 2.24) is 10.2 Å². The lowest BCUT2D eigenvalue weighted by Gasteiger charge is -2.15. The van der Waals surface area contributed by atoms with Gasteiger partial charge in [-0.2, -0.15) is 0 Å². The van der Waals surface area contributed by atoms with Crippen LogP contribution in [0.1, 0.15) is 33.1 Å². The van der Waals surface area contributed by atoms with Gasteiger partial charge in [0.2, 0.25) is 5.91 Å². The molecule has 0 spiro atoms. The van der Waals surface area contributed by atoms with Crippen LogP contribution in [-0.2, 0) is 4.79 Å². The van der Waals surface area contributed by atoms with Crippen LogP contribution in [-0.4, -0.2) is 37.0 Å². The second kappa shape index (κ2) is 6.02. The summed E-state index contributed by atoms with van der Waals surface area (Å²) in [5, 5.41) is 3.20. The highest BCUT2D eigenvalue weighted by Gasteiger charge is 2.16. The Bertz CT molecular complexity index is 174. The van der Waals surface area contributed by atoms with Crippen LogP contribution in [0.5, 0.6) is 0 Å². The molecular formula is C11H22N2O. The Labute approximate surface area is 86.9 Å². The van der Waals surface area contributed by atoms with E-state index in [1.165, 1.54) is 12.8 Å². The molecule has 1 aliphatic heterocycles. The number of carbonyl (C=O) groups excluding carboxylic acids is 1. The van der Waals surface area contributed by atoms with Crippen LogP contribution in [0.4, 0.5) is 0 Å². The number of hydrogen-bond donors (Lipinski definition) is 1. The topological polar surface area (TPSA) is 32.3 Å². The molecule has 0 bridgehead atoms. The molecule has 1 amide bonds. The van der Waals surface area contributed by atoms with E-state index in [1.807, 2.05) is 4.90 Å². The first-order chi connectivity index (χ1) is 6.70. The molecule has 0 aromatic rings. The van der Waals surface area contributed by atoms with E-state index < -0.39 is 0 Å². The van der Waals surface area contributed by atoms with Crippen molar-refractivity contribution in [1.29, 1.82) is 0 Å². The number of hydrogen-bond acceptors (Lipinski definition) is 2. The van der Waals surface area contributed by atoms with Crippen LogP contribution in [0.3, 0.4) is 0 Å². The molecule has 1 fully saturated rings. The van der Waals surface area contributed by atoms with Gasteiger partial charge in [-0.3, -0.25) is 4.79 Å². The van der Waals surface area contributed by atoms with Crippen LogP contribution in [0.2, 0.25) is 0 Å². The Balaban J connectivity index is 2.03. The van der Waals surface area contributed by atoms with E-state index >= 15 is 0 Å². The smallest absolute Gasteiger partial charge is 0.236 e. The summed E-state index contributed by atoms with van der Waals surface area (Å²) < 4.78 is 0. The highest BCUT2D eigenvalue weighted by atomic mass is 16.2. The fourth-order valence-corrected chi connectivity index (χ4v) is 1.66. The minimum absolute atomic E-state index is 0.270. The van der Waals surface area contributed by atoms with Crippen molar-refractivity contribution < 1.29 is 4.79 Å². The van der Waals surface area contributed by atoms with Gasteiger partial charge in [0.1, 0.15) is 0 Å². The molecule has 1 aliphatic rings. The van der Waals surface area contributed by atoms with Crippen molar-refractivity contribution in [2.24, 2.45) is 5.92 Å². The number of nitrogens with zero attached hydrogens (tertiary/aromatic N) is 1. The SMILES string of the molecule is CC(C)CCNCC(=O)N1CCCC1. The normalized spacial score (nSPS) is 16.6. The van der Waals surface area contributed by atoms with Gasteiger partial charge in [-0.1, -0.05) is 13.8 Å². The number of rotatable bonds is 5. The predicted octanol–water partition coefficient (Wildman–Crippen LogP) is 1.24. The second-order valence-electron chi connectivity index (χ2n) is 4.45. The predicted molar refractivity (Wildman–Crippen MR) is 58.1 cm³/mol. The van der Waals surface area contributed by atoms with Crippen LogP contribution < -0.4 is 5.32 Å². The molecular weight excluding hydrogens is 176 g/mol. The van der Waals surface area contributed by atoms with Crippen molar-refractivity contribution in [2.45, 2.75) is 33.1 Å². The Morgan fingerprint density at radius 2 is 2.00 bits per heavy atom. The van der Waals surface area contributed by atoms with E-state index in [4.69, 9.17) is 0 Å². The monoisotopic (exact) mass is 198 g/mol. The molecule has 0 aromatic carbocycles. The maximum absolute atomic E-state index is 11.6. The van der Waals surface area contributed by atoms with Crippen molar-refractivity contribution in [3.05, 3.63) is 0 Å². The zero-order valence-corrected chi connectivity index (χ0v) is 9.38. The van der Waals surface area contributed by atoms with Crippen LogP contribution in [0.25, 0.3) is 0 Å². The molecule has 0 unspecified atom stereocenters. The van der Waals surface area contributed by atoms with Gasteiger partial charge in [0, 0.05) is 13.1 Å². The van der Waals surface area contributed by atoms with Crippen molar-refractivity contribution in [3.8, 4) is 0 Å². The quantitative estimate of drug-likeness (QED) is 0.674. The lowest BCUT2D eigenvalue weighted by molar-refractivity contribution is -0.129. The molecule has 0 saturated carbocycles. The van der Waals surface area contributed by atoms with E-state index in [9.17, 15) is 4.79 Å². The van der Waals surface area contributed by atoms with Gasteiger partial charge in [0.05, 0.1) is 6.54 Å². The maximum Gasteiger partial charge on any atom is 0.236 e. The van der Waals surface area contributed by atoms with E-state index in [-0.39, 0.29) is 5.91 Å². The molecule has 0 radical (unpaired) electrons. The first-order valence-electron chi connectivity index (χ1n) is 5.68. The number of amides is 1. The average molecular weight is 198 g/mol. The molecule has 14 heavy (non-hydrogen) atoms. The number of nitrogens with one attached hydrogen (secondary N) is 1. The Hall–Kier alpha value is -0.570. The van der Waals surface area contributed by atoms with E-state index in [2.05, 4.69) is 19.2 Å². The van der Waals surface area contributed by atoms with Gasteiger partial charge in [-0.15, -0.1) is 0 Å². The van der Waals surface area contributed by atoms with Gasteiger partial charge in [0.25, 0.3) is 0 Å². The first kappa shape index (κ1) is 11.5. The summed E-state index contributed by atoms with van der Waals surface area (Å²) in [6.07, 6.45) is 3.50. The van der Waals surface area contributed by atoms with Crippen LogP contribution >= 0.6 is 0 Å². The highest BCUT2D eigenvalue weighted by molar-refractivity contribution is 5.78. The van der Waals surface area contributed by atoms with E-state index in [0.717, 1.165) is 26.1 Å². The minimum Gasteiger partial charge on any atom is -0.342 e. The Morgan fingerprint density at radius 3 is 2.57 bits per heavy atom. The largest absolute Gasteiger partial charge is 0.342 e. The molecule has 0 aromatic heterocycles. The average Bonchev–Trinajstić information content (AvgIpc) is 2.64. The summed E-state index contributed by atoms with van der Waals surface area (Å²) in [4.78, 5) is 13.5. The van der Waals surface area contributed by atoms with E-state index in [1.54, 1.807) is 0 Å².